The van der Waals surface area contributed by atoms with Gasteiger partial charge in [-0.15, -0.1) is 0 Å². The number of carbonyl (C=O) groups is 1. The second-order valence-corrected chi connectivity index (χ2v) is 6.45. The molecule has 1 aliphatic rings. The smallest absolute Gasteiger partial charge is 0.266 e. The number of ether oxygens (including phenoxy) is 1. The first-order valence-electron chi connectivity index (χ1n) is 8.16. The molecule has 1 aliphatic heterocycles. The Hall–Kier alpha value is -2.93. The van der Waals surface area contributed by atoms with Crippen molar-refractivity contribution >= 4 is 28.5 Å². The maximum atomic E-state index is 12.5. The molecule has 7 nitrogen and oxygen atoms in total. The summed E-state index contributed by atoms with van der Waals surface area (Å²) in [5, 5.41) is -0.00529. The molecule has 3 heterocycles. The Kier molecular flexibility index (Phi) is 4.30. The van der Waals surface area contributed by atoms with Gasteiger partial charge in [0.15, 0.2) is 0 Å². The molecule has 1 amide bonds. The maximum absolute atomic E-state index is 12.5. The van der Waals surface area contributed by atoms with Crippen LogP contribution in [0, 0.1) is 0 Å². The number of aromatic nitrogens is 3. The number of carbonyl (C=O) groups excluding carboxylic acids is 1. The molecule has 0 spiro atoms. The number of aromatic amines is 1. The topological polar surface area (TPSA) is 88.2 Å². The molecule has 132 valence electrons. The van der Waals surface area contributed by atoms with E-state index in [2.05, 4.69) is 15.0 Å². The van der Waals surface area contributed by atoms with Crippen LogP contribution in [0.3, 0.4) is 0 Å². The molecule has 0 aliphatic carbocycles. The molecule has 3 aromatic rings. The molecule has 0 bridgehead atoms. The van der Waals surface area contributed by atoms with Gasteiger partial charge in [0.1, 0.15) is 11.1 Å². The predicted octanol–water partition coefficient (Wildman–Crippen LogP) is 2.26. The first kappa shape index (κ1) is 16.5. The summed E-state index contributed by atoms with van der Waals surface area (Å²) in [7, 11) is 0. The molecule has 2 aromatic heterocycles. The standard InChI is InChI=1S/C18H15ClN4O3/c19-13-7-11(8-21-17(13)24)18(25)23-6-5-12(10-23)26-16-9-20-14-3-1-2-4-15(14)22-16/h1-4,7-9,12H,5-6,10H2,(H,21,24)/t12-/m0/s1. The summed E-state index contributed by atoms with van der Waals surface area (Å²) in [5.74, 6) is 0.244. The van der Waals surface area contributed by atoms with Crippen LogP contribution >= 0.6 is 11.6 Å². The molecule has 0 unspecified atom stereocenters. The van der Waals surface area contributed by atoms with Crippen molar-refractivity contribution in [2.24, 2.45) is 0 Å². The number of fused-ring (bicyclic) bond motifs is 1. The van der Waals surface area contributed by atoms with Crippen LogP contribution in [0.25, 0.3) is 11.0 Å². The van der Waals surface area contributed by atoms with Gasteiger partial charge in [0.05, 0.1) is 29.3 Å². The zero-order valence-corrected chi connectivity index (χ0v) is 14.4. The number of likely N-dealkylation sites (tertiary alicyclic amines) is 1. The van der Waals surface area contributed by atoms with E-state index in [1.54, 1.807) is 11.1 Å². The van der Waals surface area contributed by atoms with Crippen LogP contribution in [0.5, 0.6) is 5.88 Å². The molecule has 1 fully saturated rings. The third kappa shape index (κ3) is 3.25. The van der Waals surface area contributed by atoms with Gasteiger partial charge in [-0.25, -0.2) is 9.97 Å². The van der Waals surface area contributed by atoms with Gasteiger partial charge >= 0.3 is 0 Å². The summed E-state index contributed by atoms with van der Waals surface area (Å²) in [5.41, 5.74) is 1.50. The minimum Gasteiger partial charge on any atom is -0.471 e. The van der Waals surface area contributed by atoms with Gasteiger partial charge in [0.25, 0.3) is 11.5 Å². The second-order valence-electron chi connectivity index (χ2n) is 6.04. The number of nitrogens with zero attached hydrogens (tertiary/aromatic N) is 3. The molecule has 26 heavy (non-hydrogen) atoms. The largest absolute Gasteiger partial charge is 0.471 e. The quantitative estimate of drug-likeness (QED) is 0.764. The van der Waals surface area contributed by atoms with Gasteiger partial charge in [-0.2, -0.15) is 0 Å². The van der Waals surface area contributed by atoms with E-state index in [4.69, 9.17) is 16.3 Å². The van der Waals surface area contributed by atoms with Gasteiger partial charge in [-0.3, -0.25) is 9.59 Å². The number of benzene rings is 1. The number of para-hydroxylation sites is 2. The molecule has 4 rings (SSSR count). The zero-order chi connectivity index (χ0) is 18.1. The highest BCUT2D eigenvalue weighted by Crippen LogP contribution is 2.20. The van der Waals surface area contributed by atoms with Crippen LogP contribution in [0.15, 0.2) is 47.5 Å². The molecule has 1 atom stereocenters. The van der Waals surface area contributed by atoms with E-state index in [1.165, 1.54) is 12.3 Å². The van der Waals surface area contributed by atoms with E-state index in [0.717, 1.165) is 11.0 Å². The van der Waals surface area contributed by atoms with Crippen LogP contribution in [0.4, 0.5) is 0 Å². The number of nitrogens with one attached hydrogen (secondary N) is 1. The Labute approximate surface area is 153 Å². The molecule has 1 aromatic carbocycles. The monoisotopic (exact) mass is 370 g/mol. The van der Waals surface area contributed by atoms with Crippen molar-refractivity contribution in [1.29, 1.82) is 0 Å². The van der Waals surface area contributed by atoms with E-state index in [0.29, 0.717) is 31.0 Å². The van der Waals surface area contributed by atoms with Crippen LogP contribution in [0.1, 0.15) is 16.8 Å². The Morgan fingerprint density at radius 3 is 2.92 bits per heavy atom. The van der Waals surface area contributed by atoms with Crippen LogP contribution < -0.4 is 10.3 Å². The highest BCUT2D eigenvalue weighted by atomic mass is 35.5. The molecule has 8 heteroatoms. The molecule has 1 N–H and O–H groups in total. The van der Waals surface area contributed by atoms with Gasteiger partial charge in [0.2, 0.25) is 5.88 Å². The first-order valence-corrected chi connectivity index (χ1v) is 8.54. The number of halogens is 1. The number of amides is 1. The van der Waals surface area contributed by atoms with Crippen molar-refractivity contribution < 1.29 is 9.53 Å². The fourth-order valence-electron chi connectivity index (χ4n) is 2.94. The van der Waals surface area contributed by atoms with Crippen LogP contribution in [-0.4, -0.2) is 45.0 Å². The van der Waals surface area contributed by atoms with Crippen LogP contribution in [0.2, 0.25) is 5.02 Å². The lowest BCUT2D eigenvalue weighted by molar-refractivity contribution is 0.0770. The average Bonchev–Trinajstić information content (AvgIpc) is 3.12. The van der Waals surface area contributed by atoms with Crippen molar-refractivity contribution in [1.82, 2.24) is 19.9 Å². The van der Waals surface area contributed by atoms with E-state index in [1.807, 2.05) is 24.3 Å². The van der Waals surface area contributed by atoms with E-state index in [-0.39, 0.29) is 17.0 Å². The lowest BCUT2D eigenvalue weighted by Crippen LogP contribution is -2.31. The zero-order valence-electron chi connectivity index (χ0n) is 13.7. The average molecular weight is 371 g/mol. The first-order chi connectivity index (χ1) is 12.6. The normalized spacial score (nSPS) is 16.8. The minimum absolute atomic E-state index is 0.00529. The lowest BCUT2D eigenvalue weighted by atomic mass is 10.2. The third-order valence-corrected chi connectivity index (χ3v) is 4.53. The van der Waals surface area contributed by atoms with Gasteiger partial charge in [-0.05, 0) is 18.2 Å². The van der Waals surface area contributed by atoms with Crippen LogP contribution in [-0.2, 0) is 0 Å². The van der Waals surface area contributed by atoms with E-state index < -0.39 is 5.56 Å². The van der Waals surface area contributed by atoms with Gasteiger partial charge in [0, 0.05) is 19.2 Å². The highest BCUT2D eigenvalue weighted by molar-refractivity contribution is 6.30. The van der Waals surface area contributed by atoms with Crippen molar-refractivity contribution in [2.45, 2.75) is 12.5 Å². The summed E-state index contributed by atoms with van der Waals surface area (Å²) >= 11 is 5.79. The number of rotatable bonds is 3. The SMILES string of the molecule is O=C(c1c[nH]c(=O)c(Cl)c1)N1CC[C@H](Oc2cnc3ccccc3n2)C1. The Morgan fingerprint density at radius 1 is 1.31 bits per heavy atom. The number of hydrogen-bond donors (Lipinski definition) is 1. The van der Waals surface area contributed by atoms with E-state index in [9.17, 15) is 9.59 Å². The minimum atomic E-state index is -0.416. The number of pyridine rings is 1. The molecule has 0 radical (unpaired) electrons. The van der Waals surface area contributed by atoms with Crippen molar-refractivity contribution in [2.75, 3.05) is 13.1 Å². The molecule has 1 saturated heterocycles. The fourth-order valence-corrected chi connectivity index (χ4v) is 3.11. The van der Waals surface area contributed by atoms with Gasteiger partial charge < -0.3 is 14.6 Å². The third-order valence-electron chi connectivity index (χ3n) is 4.25. The summed E-state index contributed by atoms with van der Waals surface area (Å²) < 4.78 is 5.89. The Bertz CT molecular complexity index is 1040. The van der Waals surface area contributed by atoms with E-state index >= 15 is 0 Å². The Morgan fingerprint density at radius 2 is 2.12 bits per heavy atom. The summed E-state index contributed by atoms with van der Waals surface area (Å²) in [6.07, 6.45) is 3.50. The maximum Gasteiger partial charge on any atom is 0.266 e. The summed E-state index contributed by atoms with van der Waals surface area (Å²) in [4.78, 5) is 36.8. The molecular formula is C18H15ClN4O3. The number of H-pyrrole nitrogens is 1. The van der Waals surface area contributed by atoms with Crippen molar-refractivity contribution in [3.05, 3.63) is 63.7 Å². The fraction of sp³-hybridized carbons (Fsp3) is 0.222. The number of hydrogen-bond acceptors (Lipinski definition) is 5. The lowest BCUT2D eigenvalue weighted by Gasteiger charge is -2.17. The van der Waals surface area contributed by atoms with Crippen molar-refractivity contribution in [3.8, 4) is 5.88 Å². The van der Waals surface area contributed by atoms with Gasteiger partial charge in [-0.1, -0.05) is 23.7 Å². The summed E-state index contributed by atoms with van der Waals surface area (Å²) in [6.45, 7) is 0.991. The molecule has 0 saturated carbocycles. The second kappa shape index (κ2) is 6.76. The summed E-state index contributed by atoms with van der Waals surface area (Å²) in [6, 6.07) is 8.94. The van der Waals surface area contributed by atoms with Crippen molar-refractivity contribution in [3.63, 3.8) is 0 Å². The highest BCUT2D eigenvalue weighted by Gasteiger charge is 2.29. The Balaban J connectivity index is 1.44. The molecular weight excluding hydrogens is 356 g/mol. The predicted molar refractivity (Wildman–Crippen MR) is 96.5 cm³/mol.